The molecule has 8 heteroatoms. The zero-order valence-corrected chi connectivity index (χ0v) is 15.0. The van der Waals surface area contributed by atoms with Gasteiger partial charge in [0.1, 0.15) is 5.82 Å². The third-order valence-electron chi connectivity index (χ3n) is 3.32. The molecule has 1 aromatic heterocycles. The number of anilines is 2. The van der Waals surface area contributed by atoms with Gasteiger partial charge in [-0.1, -0.05) is 17.7 Å². The lowest BCUT2D eigenvalue weighted by atomic mass is 10.2. The minimum atomic E-state index is -3.65. The highest BCUT2D eigenvalue weighted by molar-refractivity contribution is 7.92. The predicted molar refractivity (Wildman–Crippen MR) is 95.7 cm³/mol. The molecule has 0 fully saturated rings. The molecule has 0 unspecified atom stereocenters. The molecule has 0 amide bonds. The first-order chi connectivity index (χ1) is 11.4. The van der Waals surface area contributed by atoms with Crippen molar-refractivity contribution < 1.29 is 8.42 Å². The van der Waals surface area contributed by atoms with E-state index >= 15 is 0 Å². The van der Waals surface area contributed by atoms with Gasteiger partial charge in [0.2, 0.25) is 0 Å². The van der Waals surface area contributed by atoms with Crippen molar-refractivity contribution in [2.24, 2.45) is 0 Å². The van der Waals surface area contributed by atoms with Crippen LogP contribution < -0.4 is 10.0 Å². The molecule has 0 atom stereocenters. The molecule has 0 radical (unpaired) electrons. The summed E-state index contributed by atoms with van der Waals surface area (Å²) in [5.74, 6) is 0.807. The van der Waals surface area contributed by atoms with E-state index in [1.165, 1.54) is 0 Å². The monoisotopic (exact) mass is 349 g/mol. The largest absolute Gasteiger partial charge is 0.369 e. The highest BCUT2D eigenvalue weighted by atomic mass is 32.2. The summed E-state index contributed by atoms with van der Waals surface area (Å²) in [6, 6.07) is 9.92. The van der Waals surface area contributed by atoms with Crippen LogP contribution in [0.1, 0.15) is 12.0 Å². The minimum absolute atomic E-state index is 0.189. The van der Waals surface area contributed by atoms with E-state index in [2.05, 4.69) is 25.1 Å². The van der Waals surface area contributed by atoms with E-state index in [-0.39, 0.29) is 10.7 Å². The summed E-state index contributed by atoms with van der Waals surface area (Å²) in [5.41, 5.74) is 0.999. The van der Waals surface area contributed by atoms with E-state index in [0.29, 0.717) is 5.82 Å². The van der Waals surface area contributed by atoms with Gasteiger partial charge in [-0.3, -0.25) is 4.72 Å². The standard InChI is InChI=1S/C16H23N5O2S/c1-13-5-7-14(8-6-13)24(22,23)20-16-10-9-15(18-19-16)17-11-4-12-21(2)3/h5-10H,4,11-12H2,1-3H3,(H,17,18)(H,19,20). The Kier molecular flexibility index (Phi) is 6.10. The lowest BCUT2D eigenvalue weighted by Crippen LogP contribution is -2.17. The van der Waals surface area contributed by atoms with Crippen LogP contribution >= 0.6 is 0 Å². The molecule has 0 aliphatic rings. The molecule has 2 rings (SSSR count). The number of rotatable bonds is 8. The molecule has 0 saturated heterocycles. The van der Waals surface area contributed by atoms with Gasteiger partial charge >= 0.3 is 0 Å². The van der Waals surface area contributed by atoms with Crippen molar-refractivity contribution in [3.8, 4) is 0 Å². The normalized spacial score (nSPS) is 11.5. The molecule has 0 aliphatic heterocycles. The molecule has 1 heterocycles. The van der Waals surface area contributed by atoms with Crippen LogP contribution in [0.4, 0.5) is 11.6 Å². The van der Waals surface area contributed by atoms with E-state index in [0.717, 1.165) is 25.1 Å². The second-order valence-electron chi connectivity index (χ2n) is 5.81. The van der Waals surface area contributed by atoms with Crippen molar-refractivity contribution in [1.29, 1.82) is 0 Å². The van der Waals surface area contributed by atoms with Crippen LogP contribution in [0.5, 0.6) is 0 Å². The third-order valence-corrected chi connectivity index (χ3v) is 4.69. The number of hydrogen-bond donors (Lipinski definition) is 2. The SMILES string of the molecule is Cc1ccc(S(=O)(=O)Nc2ccc(NCCCN(C)C)nn2)cc1. The number of nitrogens with zero attached hydrogens (tertiary/aromatic N) is 3. The molecular formula is C16H23N5O2S. The Morgan fingerprint density at radius 3 is 2.21 bits per heavy atom. The summed E-state index contributed by atoms with van der Waals surface area (Å²) in [7, 11) is 0.393. The molecular weight excluding hydrogens is 326 g/mol. The summed E-state index contributed by atoms with van der Waals surface area (Å²) in [5, 5.41) is 11.0. The Morgan fingerprint density at radius 2 is 1.62 bits per heavy atom. The zero-order chi connectivity index (χ0) is 17.6. The molecule has 2 N–H and O–H groups in total. The second kappa shape index (κ2) is 8.07. The van der Waals surface area contributed by atoms with Crippen molar-refractivity contribution in [3.63, 3.8) is 0 Å². The lowest BCUT2D eigenvalue weighted by molar-refractivity contribution is 0.405. The minimum Gasteiger partial charge on any atom is -0.369 e. The summed E-state index contributed by atoms with van der Waals surface area (Å²) in [6.45, 7) is 3.66. The van der Waals surface area contributed by atoms with E-state index in [1.807, 2.05) is 21.0 Å². The van der Waals surface area contributed by atoms with E-state index in [4.69, 9.17) is 0 Å². The maximum absolute atomic E-state index is 12.3. The average Bonchev–Trinajstić information content (AvgIpc) is 2.53. The van der Waals surface area contributed by atoms with Crippen molar-refractivity contribution >= 4 is 21.7 Å². The highest BCUT2D eigenvalue weighted by Crippen LogP contribution is 2.15. The van der Waals surface area contributed by atoms with E-state index in [9.17, 15) is 8.42 Å². The first-order valence-electron chi connectivity index (χ1n) is 7.69. The molecule has 130 valence electrons. The first-order valence-corrected chi connectivity index (χ1v) is 9.17. The topological polar surface area (TPSA) is 87.2 Å². The fourth-order valence-electron chi connectivity index (χ4n) is 2.01. The van der Waals surface area contributed by atoms with Gasteiger partial charge in [0, 0.05) is 6.54 Å². The Morgan fingerprint density at radius 1 is 1.00 bits per heavy atom. The maximum atomic E-state index is 12.3. The van der Waals surface area contributed by atoms with Crippen molar-refractivity contribution in [1.82, 2.24) is 15.1 Å². The Labute approximate surface area is 143 Å². The molecule has 2 aromatic rings. The quantitative estimate of drug-likeness (QED) is 0.708. The predicted octanol–water partition coefficient (Wildman–Crippen LogP) is 1.95. The third kappa shape index (κ3) is 5.47. The fourth-order valence-corrected chi connectivity index (χ4v) is 3.00. The Hall–Kier alpha value is -2.19. The zero-order valence-electron chi connectivity index (χ0n) is 14.2. The number of sulfonamides is 1. The van der Waals surface area contributed by atoms with Crippen LogP contribution in [0.15, 0.2) is 41.3 Å². The van der Waals surface area contributed by atoms with E-state index < -0.39 is 10.0 Å². The van der Waals surface area contributed by atoms with Crippen LogP contribution in [-0.4, -0.2) is 50.7 Å². The van der Waals surface area contributed by atoms with Gasteiger partial charge in [-0.15, -0.1) is 10.2 Å². The van der Waals surface area contributed by atoms with Crippen LogP contribution in [0, 0.1) is 6.92 Å². The fraction of sp³-hybridized carbons (Fsp3) is 0.375. The Bertz CT molecular complexity index is 743. The van der Waals surface area contributed by atoms with Crippen LogP contribution in [0.25, 0.3) is 0 Å². The first kappa shape index (κ1) is 18.2. The van der Waals surface area contributed by atoms with Gasteiger partial charge in [-0.2, -0.15) is 0 Å². The Balaban J connectivity index is 1.94. The van der Waals surface area contributed by atoms with Crippen LogP contribution in [0.3, 0.4) is 0 Å². The van der Waals surface area contributed by atoms with Crippen LogP contribution in [-0.2, 0) is 10.0 Å². The summed E-state index contributed by atoms with van der Waals surface area (Å²) < 4.78 is 27.0. The molecule has 1 aromatic carbocycles. The molecule has 0 saturated carbocycles. The van der Waals surface area contributed by atoms with Gasteiger partial charge in [0.25, 0.3) is 10.0 Å². The number of aryl methyl sites for hydroxylation is 1. The smallest absolute Gasteiger partial charge is 0.263 e. The number of aromatic nitrogens is 2. The number of hydrogen-bond acceptors (Lipinski definition) is 6. The maximum Gasteiger partial charge on any atom is 0.263 e. The van der Waals surface area contributed by atoms with Gasteiger partial charge in [-0.05, 0) is 58.3 Å². The molecule has 24 heavy (non-hydrogen) atoms. The number of nitrogens with one attached hydrogen (secondary N) is 2. The van der Waals surface area contributed by atoms with Crippen molar-refractivity contribution in [2.75, 3.05) is 37.2 Å². The molecule has 7 nitrogen and oxygen atoms in total. The average molecular weight is 349 g/mol. The summed E-state index contributed by atoms with van der Waals surface area (Å²) >= 11 is 0. The summed E-state index contributed by atoms with van der Waals surface area (Å²) in [4.78, 5) is 2.30. The van der Waals surface area contributed by atoms with Gasteiger partial charge in [0.15, 0.2) is 5.82 Å². The van der Waals surface area contributed by atoms with Gasteiger partial charge < -0.3 is 10.2 Å². The summed E-state index contributed by atoms with van der Waals surface area (Å²) in [6.07, 6.45) is 0.983. The second-order valence-corrected chi connectivity index (χ2v) is 7.49. The van der Waals surface area contributed by atoms with Crippen LogP contribution in [0.2, 0.25) is 0 Å². The molecule has 0 spiro atoms. The van der Waals surface area contributed by atoms with Gasteiger partial charge in [0.05, 0.1) is 4.90 Å². The van der Waals surface area contributed by atoms with Crippen molar-refractivity contribution in [2.45, 2.75) is 18.2 Å². The van der Waals surface area contributed by atoms with E-state index in [1.54, 1.807) is 36.4 Å². The number of benzene rings is 1. The lowest BCUT2D eigenvalue weighted by Gasteiger charge is -2.10. The molecule has 0 aliphatic carbocycles. The molecule has 0 bridgehead atoms. The van der Waals surface area contributed by atoms with Crippen molar-refractivity contribution in [3.05, 3.63) is 42.0 Å². The highest BCUT2D eigenvalue weighted by Gasteiger charge is 2.14. The van der Waals surface area contributed by atoms with Gasteiger partial charge in [-0.25, -0.2) is 8.42 Å².